The van der Waals surface area contributed by atoms with Crippen LogP contribution in [0.3, 0.4) is 0 Å². The average molecular weight is 351 g/mol. The molecule has 0 saturated heterocycles. The maximum atomic E-state index is 12.8. The Balaban J connectivity index is 1.91. The molecule has 3 N–H and O–H groups in total. The molecule has 0 aliphatic carbocycles. The Morgan fingerprint density at radius 1 is 1.08 bits per heavy atom. The quantitative estimate of drug-likeness (QED) is 0.669. The van der Waals surface area contributed by atoms with Crippen LogP contribution in [0, 0.1) is 0 Å². The van der Waals surface area contributed by atoms with Gasteiger partial charge in [-0.2, -0.15) is 0 Å². The molecule has 6 heteroatoms. The number of benzene rings is 2. The summed E-state index contributed by atoms with van der Waals surface area (Å²) in [4.78, 5) is 29.4. The van der Waals surface area contributed by atoms with Gasteiger partial charge in [0.25, 0.3) is 5.91 Å². The highest BCUT2D eigenvalue weighted by molar-refractivity contribution is 7.11. The number of rotatable bonds is 6. The van der Waals surface area contributed by atoms with Gasteiger partial charge in [0.05, 0.1) is 0 Å². The average Bonchev–Trinajstić information content (AvgIpc) is 3.21. The van der Waals surface area contributed by atoms with Gasteiger partial charge in [0, 0.05) is 23.7 Å². The van der Waals surface area contributed by atoms with Crippen molar-refractivity contribution in [1.82, 2.24) is 10.3 Å². The van der Waals surface area contributed by atoms with Crippen molar-refractivity contribution in [3.05, 3.63) is 87.9 Å². The first kappa shape index (κ1) is 17.0. The molecular formula is C19H17N3O2S. The van der Waals surface area contributed by atoms with Crippen molar-refractivity contribution in [3.8, 4) is 0 Å². The maximum Gasteiger partial charge on any atom is 0.252 e. The zero-order valence-corrected chi connectivity index (χ0v) is 14.2. The standard InChI is InChI=1S/C19H17N3O2S/c20-12-13-6-8-14(9-7-13)16(17(23)19-21-10-11-25-19)22-18(24)15-4-2-1-3-5-15/h1-11,16H,12,20H2,(H,22,24). The molecule has 0 bridgehead atoms. The number of aromatic nitrogens is 1. The molecule has 0 fully saturated rings. The van der Waals surface area contributed by atoms with Gasteiger partial charge in [0.1, 0.15) is 6.04 Å². The smallest absolute Gasteiger partial charge is 0.252 e. The van der Waals surface area contributed by atoms with Crippen molar-refractivity contribution < 1.29 is 9.59 Å². The zero-order valence-electron chi connectivity index (χ0n) is 13.4. The van der Waals surface area contributed by atoms with Crippen LogP contribution in [0.4, 0.5) is 0 Å². The van der Waals surface area contributed by atoms with Crippen LogP contribution >= 0.6 is 11.3 Å². The van der Waals surface area contributed by atoms with Crippen LogP contribution in [0.2, 0.25) is 0 Å². The van der Waals surface area contributed by atoms with Crippen molar-refractivity contribution in [3.63, 3.8) is 0 Å². The molecule has 1 aromatic heterocycles. The molecule has 0 aliphatic rings. The number of hydrogen-bond donors (Lipinski definition) is 2. The molecular weight excluding hydrogens is 334 g/mol. The Kier molecular flexibility index (Phi) is 5.33. The monoisotopic (exact) mass is 351 g/mol. The van der Waals surface area contributed by atoms with E-state index in [1.54, 1.807) is 35.8 Å². The summed E-state index contributed by atoms with van der Waals surface area (Å²) in [5.74, 6) is -0.543. The Morgan fingerprint density at radius 2 is 1.80 bits per heavy atom. The molecule has 1 atom stereocenters. The first-order valence-electron chi connectivity index (χ1n) is 7.77. The summed E-state index contributed by atoms with van der Waals surface area (Å²) in [6.07, 6.45) is 1.57. The summed E-state index contributed by atoms with van der Waals surface area (Å²) in [6, 6.07) is 15.3. The van der Waals surface area contributed by atoms with Crippen molar-refractivity contribution in [2.24, 2.45) is 5.73 Å². The molecule has 1 heterocycles. The van der Waals surface area contributed by atoms with Gasteiger partial charge in [-0.15, -0.1) is 11.3 Å². The van der Waals surface area contributed by atoms with Crippen molar-refractivity contribution >= 4 is 23.0 Å². The number of amides is 1. The van der Waals surface area contributed by atoms with Gasteiger partial charge < -0.3 is 11.1 Å². The van der Waals surface area contributed by atoms with Crippen molar-refractivity contribution in [2.45, 2.75) is 12.6 Å². The van der Waals surface area contributed by atoms with Crippen LogP contribution in [0.5, 0.6) is 0 Å². The molecule has 5 nitrogen and oxygen atoms in total. The predicted molar refractivity (Wildman–Crippen MR) is 97.4 cm³/mol. The first-order chi connectivity index (χ1) is 12.2. The lowest BCUT2D eigenvalue weighted by Crippen LogP contribution is -2.34. The second kappa shape index (κ2) is 7.83. The second-order valence-electron chi connectivity index (χ2n) is 5.42. The fourth-order valence-corrected chi connectivity index (χ4v) is 3.03. The van der Waals surface area contributed by atoms with Gasteiger partial charge in [-0.1, -0.05) is 42.5 Å². The third kappa shape index (κ3) is 3.99. The second-order valence-corrected chi connectivity index (χ2v) is 6.31. The number of hydrogen-bond acceptors (Lipinski definition) is 5. The summed E-state index contributed by atoms with van der Waals surface area (Å²) in [5.41, 5.74) is 7.78. The van der Waals surface area contributed by atoms with Crippen LogP contribution in [0.25, 0.3) is 0 Å². The normalized spacial score (nSPS) is 11.7. The molecule has 0 aliphatic heterocycles. The lowest BCUT2D eigenvalue weighted by molar-refractivity contribution is 0.0857. The zero-order chi connectivity index (χ0) is 17.6. The number of carbonyl (C=O) groups excluding carboxylic acids is 2. The number of Topliss-reactive ketones (excluding diaryl/α,β-unsaturated/α-hetero) is 1. The highest BCUT2D eigenvalue weighted by Gasteiger charge is 2.26. The van der Waals surface area contributed by atoms with Crippen LogP contribution in [-0.4, -0.2) is 16.7 Å². The SMILES string of the molecule is NCc1ccc(C(NC(=O)c2ccccc2)C(=O)c2nccs2)cc1. The fourth-order valence-electron chi connectivity index (χ4n) is 2.42. The summed E-state index contributed by atoms with van der Waals surface area (Å²) < 4.78 is 0. The summed E-state index contributed by atoms with van der Waals surface area (Å²) in [5, 5.41) is 4.92. The molecule has 3 aromatic rings. The molecule has 25 heavy (non-hydrogen) atoms. The minimum Gasteiger partial charge on any atom is -0.338 e. The third-order valence-electron chi connectivity index (χ3n) is 3.77. The molecule has 1 amide bonds. The molecule has 0 radical (unpaired) electrons. The van der Waals surface area contributed by atoms with E-state index >= 15 is 0 Å². The molecule has 2 aromatic carbocycles. The van der Waals surface area contributed by atoms with Crippen LogP contribution in [0.1, 0.15) is 37.3 Å². The van der Waals surface area contributed by atoms with Gasteiger partial charge in [0.2, 0.25) is 5.78 Å². The van der Waals surface area contributed by atoms with E-state index in [-0.39, 0.29) is 11.7 Å². The Morgan fingerprint density at radius 3 is 2.40 bits per heavy atom. The minimum absolute atomic E-state index is 0.236. The summed E-state index contributed by atoms with van der Waals surface area (Å²) >= 11 is 1.25. The number of nitrogens with one attached hydrogen (secondary N) is 1. The Bertz CT molecular complexity index is 846. The summed E-state index contributed by atoms with van der Waals surface area (Å²) in [7, 11) is 0. The highest BCUT2D eigenvalue weighted by Crippen LogP contribution is 2.21. The van der Waals surface area contributed by atoms with E-state index in [1.165, 1.54) is 11.3 Å². The van der Waals surface area contributed by atoms with E-state index in [9.17, 15) is 9.59 Å². The minimum atomic E-state index is -0.800. The Labute approximate surface area is 149 Å². The van der Waals surface area contributed by atoms with Crippen molar-refractivity contribution in [2.75, 3.05) is 0 Å². The number of ketones is 1. The predicted octanol–water partition coefficient (Wildman–Crippen LogP) is 2.96. The number of thiazole rings is 1. The van der Waals surface area contributed by atoms with Crippen LogP contribution < -0.4 is 11.1 Å². The van der Waals surface area contributed by atoms with Gasteiger partial charge in [-0.05, 0) is 23.3 Å². The van der Waals surface area contributed by atoms with Gasteiger partial charge in [-0.25, -0.2) is 4.98 Å². The number of carbonyl (C=O) groups is 2. The molecule has 126 valence electrons. The largest absolute Gasteiger partial charge is 0.338 e. The summed E-state index contributed by atoms with van der Waals surface area (Å²) in [6.45, 7) is 0.418. The van der Waals surface area contributed by atoms with Crippen molar-refractivity contribution in [1.29, 1.82) is 0 Å². The molecule has 0 spiro atoms. The van der Waals surface area contributed by atoms with Gasteiger partial charge in [-0.3, -0.25) is 9.59 Å². The lowest BCUT2D eigenvalue weighted by Gasteiger charge is -2.17. The molecule has 3 rings (SSSR count). The topological polar surface area (TPSA) is 85.1 Å². The van der Waals surface area contributed by atoms with Gasteiger partial charge >= 0.3 is 0 Å². The van der Waals surface area contributed by atoms with Crippen LogP contribution in [0.15, 0.2) is 66.2 Å². The molecule has 1 unspecified atom stereocenters. The van der Waals surface area contributed by atoms with Crippen LogP contribution in [-0.2, 0) is 6.54 Å². The van der Waals surface area contributed by atoms with E-state index in [0.717, 1.165) is 5.56 Å². The van der Waals surface area contributed by atoms with E-state index in [2.05, 4.69) is 10.3 Å². The first-order valence-corrected chi connectivity index (χ1v) is 8.65. The van der Waals surface area contributed by atoms with E-state index in [4.69, 9.17) is 5.73 Å². The van der Waals surface area contributed by atoms with E-state index in [0.29, 0.717) is 22.7 Å². The lowest BCUT2D eigenvalue weighted by atomic mass is 10.0. The Hall–Kier alpha value is -2.83. The third-order valence-corrected chi connectivity index (χ3v) is 4.55. The molecule has 0 saturated carbocycles. The number of nitrogens with two attached hydrogens (primary N) is 1. The maximum absolute atomic E-state index is 12.8. The van der Waals surface area contributed by atoms with E-state index < -0.39 is 6.04 Å². The highest BCUT2D eigenvalue weighted by atomic mass is 32.1. The van der Waals surface area contributed by atoms with E-state index in [1.807, 2.05) is 30.3 Å². The number of nitrogens with zero attached hydrogens (tertiary/aromatic N) is 1. The fraction of sp³-hybridized carbons (Fsp3) is 0.105. The van der Waals surface area contributed by atoms with Gasteiger partial charge in [0.15, 0.2) is 5.01 Å².